The molecule has 21 heavy (non-hydrogen) atoms. The molecule has 1 atom stereocenters. The van der Waals surface area contributed by atoms with Crippen LogP contribution >= 0.6 is 0 Å². The smallest absolute Gasteiger partial charge is 0.269 e. The molecule has 0 aliphatic rings. The molecule has 1 unspecified atom stereocenters. The van der Waals surface area contributed by atoms with E-state index in [1.165, 1.54) is 24.3 Å². The number of carbonyl (C=O) groups is 1. The topological polar surface area (TPSA) is 77.3 Å². The first-order chi connectivity index (χ1) is 9.97. The molecule has 0 amide bonds. The van der Waals surface area contributed by atoms with Crippen molar-refractivity contribution in [2.45, 2.75) is 11.8 Å². The lowest BCUT2D eigenvalue weighted by Gasteiger charge is -2.03. The molecule has 0 saturated heterocycles. The van der Waals surface area contributed by atoms with Crippen molar-refractivity contribution in [3.8, 4) is 0 Å². The minimum atomic E-state index is -1.42. The number of nitro benzene ring substituents is 1. The molecule has 0 N–H and O–H groups in total. The molecule has 0 saturated carbocycles. The van der Waals surface area contributed by atoms with Gasteiger partial charge < -0.3 is 0 Å². The van der Waals surface area contributed by atoms with Crippen molar-refractivity contribution in [3.63, 3.8) is 0 Å². The number of non-ortho nitro benzene ring substituents is 1. The number of hydrogen-bond donors (Lipinski definition) is 0. The van der Waals surface area contributed by atoms with Gasteiger partial charge >= 0.3 is 0 Å². The maximum absolute atomic E-state index is 12.1. The fourth-order valence-corrected chi connectivity index (χ4v) is 2.76. The van der Waals surface area contributed by atoms with E-state index < -0.39 is 15.7 Å². The zero-order valence-electron chi connectivity index (χ0n) is 11.3. The van der Waals surface area contributed by atoms with Crippen LogP contribution in [0.25, 0.3) is 0 Å². The van der Waals surface area contributed by atoms with Crippen LogP contribution in [0.15, 0.2) is 53.4 Å². The number of aryl methyl sites for hydroxylation is 1. The zero-order chi connectivity index (χ0) is 15.4. The maximum atomic E-state index is 12.1. The normalized spacial score (nSPS) is 11.9. The third kappa shape index (κ3) is 3.82. The molecular formula is C15H13NO4S. The fourth-order valence-electron chi connectivity index (χ4n) is 1.74. The maximum Gasteiger partial charge on any atom is 0.269 e. The Morgan fingerprint density at radius 3 is 2.19 bits per heavy atom. The fraction of sp³-hybridized carbons (Fsp3) is 0.133. The second-order valence-corrected chi connectivity index (χ2v) is 5.98. The Hall–Kier alpha value is -2.34. The van der Waals surface area contributed by atoms with Gasteiger partial charge in [0.05, 0.1) is 21.5 Å². The van der Waals surface area contributed by atoms with Crippen LogP contribution < -0.4 is 0 Å². The summed E-state index contributed by atoms with van der Waals surface area (Å²) in [6.07, 6.45) is 0. The molecule has 0 aliphatic carbocycles. The monoisotopic (exact) mass is 303 g/mol. The largest absolute Gasteiger partial charge is 0.293 e. The third-order valence-electron chi connectivity index (χ3n) is 2.95. The molecule has 108 valence electrons. The van der Waals surface area contributed by atoms with E-state index in [4.69, 9.17) is 0 Å². The average Bonchev–Trinajstić information content (AvgIpc) is 2.47. The Bertz CT molecular complexity index is 693. The Morgan fingerprint density at radius 2 is 1.67 bits per heavy atom. The number of Topliss-reactive ketones (excluding diaryl/α,β-unsaturated/α-hetero) is 1. The Balaban J connectivity index is 2.08. The van der Waals surface area contributed by atoms with Crippen LogP contribution in [0.1, 0.15) is 15.9 Å². The standard InChI is InChI=1S/C15H13NO4S/c1-11-2-8-14(9-3-11)21(20)10-15(17)12-4-6-13(7-5-12)16(18)19/h2-9H,10H2,1H3. The van der Waals surface area contributed by atoms with E-state index in [1.807, 2.05) is 19.1 Å². The Labute approximate surface area is 124 Å². The summed E-state index contributed by atoms with van der Waals surface area (Å²) in [4.78, 5) is 22.6. The second kappa shape index (κ2) is 6.41. The molecule has 2 aromatic rings. The molecule has 5 nitrogen and oxygen atoms in total. The van der Waals surface area contributed by atoms with Crippen LogP contribution in [0, 0.1) is 17.0 Å². The van der Waals surface area contributed by atoms with Crippen molar-refractivity contribution in [3.05, 3.63) is 69.8 Å². The van der Waals surface area contributed by atoms with Gasteiger partial charge in [-0.15, -0.1) is 0 Å². The van der Waals surface area contributed by atoms with E-state index in [9.17, 15) is 19.1 Å². The van der Waals surface area contributed by atoms with Gasteiger partial charge in [-0.25, -0.2) is 0 Å². The molecule has 2 aromatic carbocycles. The van der Waals surface area contributed by atoms with E-state index in [1.54, 1.807) is 12.1 Å². The molecule has 0 radical (unpaired) electrons. The predicted molar refractivity (Wildman–Crippen MR) is 79.9 cm³/mol. The molecule has 0 fully saturated rings. The number of carbonyl (C=O) groups excluding carboxylic acids is 1. The lowest BCUT2D eigenvalue weighted by atomic mass is 10.1. The summed E-state index contributed by atoms with van der Waals surface area (Å²) in [6, 6.07) is 12.4. The van der Waals surface area contributed by atoms with Crippen molar-refractivity contribution in [1.82, 2.24) is 0 Å². The van der Waals surface area contributed by atoms with Gasteiger partial charge in [0.25, 0.3) is 5.69 Å². The predicted octanol–water partition coefficient (Wildman–Crippen LogP) is 2.89. The average molecular weight is 303 g/mol. The number of ketones is 1. The highest BCUT2D eigenvalue weighted by Gasteiger charge is 2.13. The van der Waals surface area contributed by atoms with Crippen molar-refractivity contribution in [2.24, 2.45) is 0 Å². The van der Waals surface area contributed by atoms with Crippen molar-refractivity contribution in [1.29, 1.82) is 0 Å². The Morgan fingerprint density at radius 1 is 1.10 bits per heavy atom. The molecule has 0 bridgehead atoms. The summed E-state index contributed by atoms with van der Waals surface area (Å²) in [5.74, 6) is -0.440. The number of hydrogen-bond acceptors (Lipinski definition) is 4. The van der Waals surface area contributed by atoms with E-state index in [2.05, 4.69) is 0 Å². The van der Waals surface area contributed by atoms with Gasteiger partial charge in [-0.05, 0) is 31.2 Å². The first-order valence-electron chi connectivity index (χ1n) is 6.20. The molecule has 0 aliphatic heterocycles. The van der Waals surface area contributed by atoms with E-state index in [0.29, 0.717) is 10.5 Å². The van der Waals surface area contributed by atoms with Crippen LogP contribution in [-0.4, -0.2) is 20.7 Å². The van der Waals surface area contributed by atoms with Gasteiger partial charge in [0.15, 0.2) is 5.78 Å². The lowest BCUT2D eigenvalue weighted by molar-refractivity contribution is -0.384. The van der Waals surface area contributed by atoms with Crippen LogP contribution in [0.3, 0.4) is 0 Å². The highest BCUT2D eigenvalue weighted by atomic mass is 32.2. The van der Waals surface area contributed by atoms with Gasteiger partial charge in [-0.1, -0.05) is 17.7 Å². The molecule has 2 rings (SSSR count). The lowest BCUT2D eigenvalue weighted by Crippen LogP contribution is -2.11. The van der Waals surface area contributed by atoms with E-state index >= 15 is 0 Å². The highest BCUT2D eigenvalue weighted by Crippen LogP contribution is 2.14. The minimum Gasteiger partial charge on any atom is -0.293 e. The van der Waals surface area contributed by atoms with Gasteiger partial charge in [-0.3, -0.25) is 19.1 Å². The van der Waals surface area contributed by atoms with Crippen LogP contribution in [-0.2, 0) is 10.8 Å². The number of benzene rings is 2. The summed E-state index contributed by atoms with van der Waals surface area (Å²) >= 11 is 0. The zero-order valence-corrected chi connectivity index (χ0v) is 12.1. The Kier molecular flexibility index (Phi) is 4.59. The minimum absolute atomic E-state index is 0.0776. The molecular weight excluding hydrogens is 290 g/mol. The third-order valence-corrected chi connectivity index (χ3v) is 4.27. The summed E-state index contributed by atoms with van der Waals surface area (Å²) in [6.45, 7) is 1.93. The summed E-state index contributed by atoms with van der Waals surface area (Å²) in [5, 5.41) is 10.5. The molecule has 0 aromatic heterocycles. The quantitative estimate of drug-likeness (QED) is 0.483. The van der Waals surface area contributed by atoms with E-state index in [-0.39, 0.29) is 17.2 Å². The summed E-state index contributed by atoms with van der Waals surface area (Å²) < 4.78 is 12.1. The second-order valence-electron chi connectivity index (χ2n) is 4.53. The van der Waals surface area contributed by atoms with Gasteiger partial charge in [0.2, 0.25) is 0 Å². The van der Waals surface area contributed by atoms with E-state index in [0.717, 1.165) is 5.56 Å². The van der Waals surface area contributed by atoms with Crippen molar-refractivity contribution < 1.29 is 13.9 Å². The SMILES string of the molecule is Cc1ccc(S(=O)CC(=O)c2ccc([N+](=O)[O-])cc2)cc1. The van der Waals surface area contributed by atoms with Gasteiger partial charge in [0.1, 0.15) is 0 Å². The number of nitro groups is 1. The number of nitrogens with zero attached hydrogens (tertiary/aromatic N) is 1. The molecule has 6 heteroatoms. The molecule has 0 heterocycles. The van der Waals surface area contributed by atoms with Gasteiger partial charge in [-0.2, -0.15) is 0 Å². The summed E-state index contributed by atoms with van der Waals surface area (Å²) in [7, 11) is -1.42. The first kappa shape index (κ1) is 15.1. The number of rotatable bonds is 5. The van der Waals surface area contributed by atoms with Gasteiger partial charge in [0, 0.05) is 22.6 Å². The highest BCUT2D eigenvalue weighted by molar-refractivity contribution is 7.85. The first-order valence-corrected chi connectivity index (χ1v) is 7.52. The summed E-state index contributed by atoms with van der Waals surface area (Å²) in [5.41, 5.74) is 1.30. The molecule has 0 spiro atoms. The van der Waals surface area contributed by atoms with Crippen LogP contribution in [0.4, 0.5) is 5.69 Å². The van der Waals surface area contributed by atoms with Crippen LogP contribution in [0.2, 0.25) is 0 Å². The van der Waals surface area contributed by atoms with Crippen molar-refractivity contribution >= 4 is 22.3 Å². The van der Waals surface area contributed by atoms with Crippen molar-refractivity contribution in [2.75, 3.05) is 5.75 Å². The van der Waals surface area contributed by atoms with Crippen LogP contribution in [0.5, 0.6) is 0 Å².